The van der Waals surface area contributed by atoms with Crippen molar-refractivity contribution >= 4 is 65.3 Å². The summed E-state index contributed by atoms with van der Waals surface area (Å²) in [5.74, 6) is 1.73. The zero-order valence-corrected chi connectivity index (χ0v) is 33.3. The number of para-hydroxylation sites is 2. The molecule has 0 N–H and O–H groups in total. The number of rotatable bonds is 6. The van der Waals surface area contributed by atoms with Gasteiger partial charge >= 0.3 is 0 Å². The van der Waals surface area contributed by atoms with Crippen molar-refractivity contribution in [3.8, 4) is 62.1 Å². The van der Waals surface area contributed by atoms with Gasteiger partial charge in [0.05, 0.1) is 22.3 Å². The van der Waals surface area contributed by atoms with E-state index in [1.165, 1.54) is 32.3 Å². The summed E-state index contributed by atoms with van der Waals surface area (Å²) in [4.78, 5) is 15.5. The number of nitrogens with zero attached hydrogens (tertiary/aromatic N) is 4. The fourth-order valence-corrected chi connectivity index (χ4v) is 9.57. The van der Waals surface area contributed by atoms with Gasteiger partial charge in [0.25, 0.3) is 0 Å². The van der Waals surface area contributed by atoms with E-state index in [-0.39, 0.29) is 0 Å². The van der Waals surface area contributed by atoms with Crippen molar-refractivity contribution in [3.05, 3.63) is 206 Å². The summed E-state index contributed by atoms with van der Waals surface area (Å²) >= 11 is 0. The van der Waals surface area contributed by atoms with Crippen LogP contribution in [-0.2, 0) is 0 Å². The van der Waals surface area contributed by atoms with Crippen LogP contribution >= 0.6 is 0 Å². The van der Waals surface area contributed by atoms with Gasteiger partial charge in [0.2, 0.25) is 0 Å². The lowest BCUT2D eigenvalue weighted by Gasteiger charge is -2.10. The van der Waals surface area contributed by atoms with Gasteiger partial charge in [-0.3, -0.25) is 0 Å². The van der Waals surface area contributed by atoms with Crippen LogP contribution in [0.2, 0.25) is 0 Å². The van der Waals surface area contributed by atoms with E-state index < -0.39 is 0 Å². The molecule has 288 valence electrons. The number of fused-ring (bicyclic) bond motifs is 6. The highest BCUT2D eigenvalue weighted by Crippen LogP contribution is 2.45. The third kappa shape index (κ3) is 5.25. The monoisotopic (exact) mass is 790 g/mol. The smallest absolute Gasteiger partial charge is 0.167 e. The van der Waals surface area contributed by atoms with Gasteiger partial charge in [0.15, 0.2) is 23.1 Å². The maximum Gasteiger partial charge on any atom is 0.167 e. The molecule has 3 heterocycles. The molecule has 0 saturated heterocycles. The summed E-state index contributed by atoms with van der Waals surface area (Å²) in [6.07, 6.45) is 0. The van der Waals surface area contributed by atoms with Gasteiger partial charge in [0.1, 0.15) is 5.58 Å². The minimum Gasteiger partial charge on any atom is -0.453 e. The van der Waals surface area contributed by atoms with Crippen molar-refractivity contribution in [1.82, 2.24) is 19.5 Å². The molecule has 0 aliphatic heterocycles. The molecule has 0 aliphatic rings. The largest absolute Gasteiger partial charge is 0.453 e. The van der Waals surface area contributed by atoms with Crippen molar-refractivity contribution in [1.29, 1.82) is 0 Å². The van der Waals surface area contributed by atoms with Gasteiger partial charge in [-0.1, -0.05) is 182 Å². The molecule has 13 aromatic rings. The van der Waals surface area contributed by atoms with Gasteiger partial charge in [-0.05, 0) is 68.1 Å². The topological polar surface area (TPSA) is 56.7 Å². The average molecular weight is 791 g/mol. The fourth-order valence-electron chi connectivity index (χ4n) is 9.57. The van der Waals surface area contributed by atoms with E-state index in [1.807, 2.05) is 12.1 Å². The Morgan fingerprint density at radius 2 is 0.694 bits per heavy atom. The zero-order valence-electron chi connectivity index (χ0n) is 33.3. The summed E-state index contributed by atoms with van der Waals surface area (Å²) < 4.78 is 9.51. The van der Waals surface area contributed by atoms with E-state index in [0.29, 0.717) is 17.5 Å². The Labute approximate surface area is 356 Å². The van der Waals surface area contributed by atoms with Gasteiger partial charge in [0, 0.05) is 32.7 Å². The van der Waals surface area contributed by atoms with Crippen LogP contribution in [0.4, 0.5) is 0 Å². The Bertz CT molecular complexity index is 3640. The van der Waals surface area contributed by atoms with Crippen molar-refractivity contribution < 1.29 is 4.42 Å². The van der Waals surface area contributed by atoms with Crippen molar-refractivity contribution in [2.75, 3.05) is 0 Å². The van der Waals surface area contributed by atoms with Gasteiger partial charge in [-0.2, -0.15) is 0 Å². The molecular formula is C57H34N4O. The maximum absolute atomic E-state index is 7.13. The molecule has 10 aromatic carbocycles. The third-order valence-electron chi connectivity index (χ3n) is 12.4. The fraction of sp³-hybridized carbons (Fsp3) is 0. The molecule has 0 spiro atoms. The first-order valence-corrected chi connectivity index (χ1v) is 20.9. The first-order chi connectivity index (χ1) is 30.7. The lowest BCUT2D eigenvalue weighted by atomic mass is 9.95. The maximum atomic E-state index is 7.13. The van der Waals surface area contributed by atoms with Gasteiger partial charge < -0.3 is 8.98 Å². The SMILES string of the molecule is c1ccc(-c2ccc(-c3nc(-c4ccc(-c5ccccc5)cc4)nc(-c4cccc5c4oc4c(-n6c7cccc8c9ccccc9c9cccc6c9c87)cccc45)n3)cc2)cc1. The first-order valence-electron chi connectivity index (χ1n) is 20.9. The Hall–Kier alpha value is -8.41. The number of aromatic nitrogens is 4. The molecule has 0 aliphatic carbocycles. The van der Waals surface area contributed by atoms with Crippen molar-refractivity contribution in [2.45, 2.75) is 0 Å². The highest BCUT2D eigenvalue weighted by atomic mass is 16.3. The van der Waals surface area contributed by atoms with Crippen LogP contribution in [0.5, 0.6) is 0 Å². The third-order valence-corrected chi connectivity index (χ3v) is 12.4. The summed E-state index contributed by atoms with van der Waals surface area (Å²) in [7, 11) is 0. The summed E-state index contributed by atoms with van der Waals surface area (Å²) in [5, 5.41) is 9.60. The number of furan rings is 1. The van der Waals surface area contributed by atoms with Crippen LogP contribution in [0.1, 0.15) is 0 Å². The van der Waals surface area contributed by atoms with Crippen LogP contribution < -0.4 is 0 Å². The summed E-state index contributed by atoms with van der Waals surface area (Å²) in [6, 6.07) is 72.5. The van der Waals surface area contributed by atoms with E-state index in [0.717, 1.165) is 77.6 Å². The number of hydrogen-bond donors (Lipinski definition) is 0. The lowest BCUT2D eigenvalue weighted by Crippen LogP contribution is -2.00. The number of benzene rings is 10. The quantitative estimate of drug-likeness (QED) is 0.157. The minimum atomic E-state index is 0.547. The Morgan fingerprint density at radius 1 is 0.290 bits per heavy atom. The van der Waals surface area contributed by atoms with Crippen LogP contribution in [0.15, 0.2) is 211 Å². The summed E-state index contributed by atoms with van der Waals surface area (Å²) in [6.45, 7) is 0. The molecule has 0 fully saturated rings. The molecule has 0 radical (unpaired) electrons. The molecule has 0 amide bonds. The molecule has 13 rings (SSSR count). The molecule has 0 unspecified atom stereocenters. The molecule has 62 heavy (non-hydrogen) atoms. The molecule has 3 aromatic heterocycles. The molecular weight excluding hydrogens is 757 g/mol. The highest BCUT2D eigenvalue weighted by molar-refractivity contribution is 6.34. The van der Waals surface area contributed by atoms with E-state index in [2.05, 4.69) is 199 Å². The van der Waals surface area contributed by atoms with E-state index in [9.17, 15) is 0 Å². The van der Waals surface area contributed by atoms with Gasteiger partial charge in [-0.25, -0.2) is 15.0 Å². The second kappa shape index (κ2) is 13.6. The van der Waals surface area contributed by atoms with Crippen molar-refractivity contribution in [2.24, 2.45) is 0 Å². The van der Waals surface area contributed by atoms with Crippen LogP contribution in [0.25, 0.3) is 127 Å². The summed E-state index contributed by atoms with van der Waals surface area (Å²) in [5.41, 5.74) is 12.0. The molecule has 0 saturated carbocycles. The second-order valence-electron chi connectivity index (χ2n) is 15.9. The van der Waals surface area contributed by atoms with Crippen molar-refractivity contribution in [3.63, 3.8) is 0 Å². The zero-order chi connectivity index (χ0) is 40.7. The molecule has 0 atom stereocenters. The standard InChI is InChI=1S/C57H34N4O/c1-3-13-35(14-4-1)37-27-31-39(32-28-37)55-58-56(40-33-29-38(30-34-40)36-15-5-2-6-16-36)60-57(59-55)47-23-9-21-45-46-22-12-26-50(54(46)62-53(45)47)61-48-24-10-19-43-41-17-7-8-18-42(41)44-20-11-25-49(61)52(44)51(43)48/h1-34H. The Balaban J connectivity index is 1.01. The number of hydrogen-bond acceptors (Lipinski definition) is 4. The molecule has 5 heteroatoms. The van der Waals surface area contributed by atoms with E-state index in [4.69, 9.17) is 19.4 Å². The molecule has 0 bridgehead atoms. The molecule has 5 nitrogen and oxygen atoms in total. The predicted molar refractivity (Wildman–Crippen MR) is 255 cm³/mol. The Kier molecular flexibility index (Phi) is 7.54. The van der Waals surface area contributed by atoms with Crippen LogP contribution in [0.3, 0.4) is 0 Å². The van der Waals surface area contributed by atoms with Gasteiger partial charge in [-0.15, -0.1) is 0 Å². The normalized spacial score (nSPS) is 11.9. The van der Waals surface area contributed by atoms with E-state index in [1.54, 1.807) is 0 Å². The van der Waals surface area contributed by atoms with Crippen LogP contribution in [0, 0.1) is 0 Å². The predicted octanol–water partition coefficient (Wildman–Crippen LogP) is 14.9. The first kappa shape index (κ1) is 34.5. The van der Waals surface area contributed by atoms with E-state index >= 15 is 0 Å². The average Bonchev–Trinajstić information content (AvgIpc) is 3.91. The minimum absolute atomic E-state index is 0.547. The van der Waals surface area contributed by atoms with Crippen LogP contribution in [-0.4, -0.2) is 19.5 Å². The second-order valence-corrected chi connectivity index (χ2v) is 15.9. The highest BCUT2D eigenvalue weighted by Gasteiger charge is 2.23. The Morgan fingerprint density at radius 3 is 1.24 bits per heavy atom. The lowest BCUT2D eigenvalue weighted by molar-refractivity contribution is 0.667.